The van der Waals surface area contributed by atoms with Gasteiger partial charge in [-0.05, 0) is 56.5 Å². The Bertz CT molecular complexity index is 656. The zero-order valence-electron chi connectivity index (χ0n) is 12.1. The van der Waals surface area contributed by atoms with Crippen molar-refractivity contribution < 1.29 is 9.47 Å². The number of nitrogens with two attached hydrogens (primary N) is 1. The first-order valence-electron chi connectivity index (χ1n) is 6.35. The van der Waals surface area contributed by atoms with Crippen molar-refractivity contribution in [1.29, 1.82) is 0 Å². The Morgan fingerprint density at radius 3 is 2.57 bits per heavy atom. The van der Waals surface area contributed by atoms with E-state index in [9.17, 15) is 0 Å². The van der Waals surface area contributed by atoms with Crippen LogP contribution in [0.5, 0.6) is 11.5 Å². The van der Waals surface area contributed by atoms with E-state index in [0.717, 1.165) is 25.9 Å². The number of benzene rings is 1. The van der Waals surface area contributed by atoms with E-state index in [0.29, 0.717) is 24.7 Å². The smallest absolute Gasteiger partial charge is 0.175 e. The Labute approximate surface area is 140 Å². The van der Waals surface area contributed by atoms with Gasteiger partial charge in [0.25, 0.3) is 0 Å². The Morgan fingerprint density at radius 2 is 2.05 bits per heavy atom. The zero-order chi connectivity index (χ0) is 15.6. The highest BCUT2D eigenvalue weighted by Crippen LogP contribution is 2.37. The van der Waals surface area contributed by atoms with Gasteiger partial charge in [0.15, 0.2) is 11.5 Å². The monoisotopic (exact) mass is 417 g/mol. The van der Waals surface area contributed by atoms with Crippen molar-refractivity contribution in [3.05, 3.63) is 38.0 Å². The van der Waals surface area contributed by atoms with Gasteiger partial charge in [-0.25, -0.2) is 0 Å². The van der Waals surface area contributed by atoms with Crippen molar-refractivity contribution in [3.8, 4) is 11.5 Å². The first-order valence-corrected chi connectivity index (χ1v) is 7.93. The van der Waals surface area contributed by atoms with E-state index >= 15 is 0 Å². The Kier molecular flexibility index (Phi) is 5.29. The third-order valence-corrected chi connectivity index (χ3v) is 4.76. The van der Waals surface area contributed by atoms with Gasteiger partial charge in [0.1, 0.15) is 6.61 Å². The molecule has 1 aromatic carbocycles. The van der Waals surface area contributed by atoms with Crippen molar-refractivity contribution in [2.75, 3.05) is 7.11 Å². The second-order valence-corrected chi connectivity index (χ2v) is 6.22. The predicted molar refractivity (Wildman–Crippen MR) is 88.6 cm³/mol. The van der Waals surface area contributed by atoms with Crippen LogP contribution in [0.3, 0.4) is 0 Å². The van der Waals surface area contributed by atoms with E-state index in [4.69, 9.17) is 15.2 Å². The van der Waals surface area contributed by atoms with Gasteiger partial charge in [-0.3, -0.25) is 4.68 Å². The van der Waals surface area contributed by atoms with Crippen molar-refractivity contribution in [2.45, 2.75) is 20.1 Å². The van der Waals surface area contributed by atoms with E-state index < -0.39 is 0 Å². The highest BCUT2D eigenvalue weighted by atomic mass is 79.9. The lowest BCUT2D eigenvalue weighted by molar-refractivity contribution is 0.273. The molecule has 0 radical (unpaired) electrons. The van der Waals surface area contributed by atoms with Gasteiger partial charge in [0.05, 0.1) is 27.4 Å². The molecule has 0 amide bonds. The summed E-state index contributed by atoms with van der Waals surface area (Å²) in [4.78, 5) is 0. The molecular formula is C14H17Br2N3O2. The Balaban J connectivity index is 2.27. The third kappa shape index (κ3) is 3.41. The first-order chi connectivity index (χ1) is 9.97. The summed E-state index contributed by atoms with van der Waals surface area (Å²) in [6.07, 6.45) is 0. The van der Waals surface area contributed by atoms with Crippen molar-refractivity contribution in [3.63, 3.8) is 0 Å². The van der Waals surface area contributed by atoms with Gasteiger partial charge in [-0.2, -0.15) is 5.10 Å². The number of halogens is 2. The molecular weight excluding hydrogens is 402 g/mol. The summed E-state index contributed by atoms with van der Waals surface area (Å²) in [7, 11) is 3.50. The van der Waals surface area contributed by atoms with E-state index in [2.05, 4.69) is 37.0 Å². The highest BCUT2D eigenvalue weighted by molar-refractivity contribution is 9.10. The summed E-state index contributed by atoms with van der Waals surface area (Å²) in [6, 6.07) is 3.81. The van der Waals surface area contributed by atoms with E-state index in [1.165, 1.54) is 0 Å². The summed E-state index contributed by atoms with van der Waals surface area (Å²) < 4.78 is 14.9. The van der Waals surface area contributed by atoms with Crippen LogP contribution < -0.4 is 15.2 Å². The molecule has 2 N–H and O–H groups in total. The molecule has 5 nitrogen and oxygen atoms in total. The minimum atomic E-state index is 0.384. The van der Waals surface area contributed by atoms with Gasteiger partial charge in [-0.1, -0.05) is 0 Å². The van der Waals surface area contributed by atoms with Crippen LogP contribution in [0.25, 0.3) is 0 Å². The summed E-state index contributed by atoms with van der Waals surface area (Å²) in [5.41, 5.74) is 8.53. The molecule has 114 valence electrons. The summed E-state index contributed by atoms with van der Waals surface area (Å²) >= 11 is 7.03. The summed E-state index contributed by atoms with van der Waals surface area (Å²) in [5, 5.41) is 4.35. The number of aryl methyl sites for hydroxylation is 2. The molecule has 0 aliphatic heterocycles. The van der Waals surface area contributed by atoms with Crippen LogP contribution in [0.1, 0.15) is 17.0 Å². The molecule has 1 aromatic heterocycles. The molecule has 0 fully saturated rings. The topological polar surface area (TPSA) is 62.3 Å². The fraction of sp³-hybridized carbons (Fsp3) is 0.357. The summed E-state index contributed by atoms with van der Waals surface area (Å²) in [5.74, 6) is 1.31. The largest absolute Gasteiger partial charge is 0.493 e. The van der Waals surface area contributed by atoms with Crippen molar-refractivity contribution in [1.82, 2.24) is 9.78 Å². The fourth-order valence-electron chi connectivity index (χ4n) is 2.01. The molecule has 0 bridgehead atoms. The molecule has 0 aliphatic rings. The number of hydrogen-bond acceptors (Lipinski definition) is 4. The van der Waals surface area contributed by atoms with Gasteiger partial charge in [-0.15, -0.1) is 0 Å². The van der Waals surface area contributed by atoms with Crippen molar-refractivity contribution >= 4 is 31.9 Å². The van der Waals surface area contributed by atoms with E-state index in [1.54, 1.807) is 11.8 Å². The molecule has 0 spiro atoms. The molecule has 1 heterocycles. The molecule has 0 atom stereocenters. The number of ether oxygens (including phenoxy) is 2. The van der Waals surface area contributed by atoms with Gasteiger partial charge in [0, 0.05) is 13.6 Å². The maximum atomic E-state index is 5.92. The SMILES string of the molecule is COc1cc(CN)cc(Br)c1OCc1c(Br)c(C)nn1C. The lowest BCUT2D eigenvalue weighted by Gasteiger charge is -2.14. The Morgan fingerprint density at radius 1 is 1.33 bits per heavy atom. The van der Waals surface area contributed by atoms with Gasteiger partial charge < -0.3 is 15.2 Å². The minimum absolute atomic E-state index is 0.384. The molecule has 2 rings (SSSR count). The maximum absolute atomic E-state index is 5.92. The van der Waals surface area contributed by atoms with Crippen molar-refractivity contribution in [2.24, 2.45) is 12.8 Å². The van der Waals surface area contributed by atoms with Gasteiger partial charge >= 0.3 is 0 Å². The number of aromatic nitrogens is 2. The lowest BCUT2D eigenvalue weighted by Crippen LogP contribution is -2.05. The highest BCUT2D eigenvalue weighted by Gasteiger charge is 2.15. The van der Waals surface area contributed by atoms with Crippen LogP contribution in [0, 0.1) is 6.92 Å². The van der Waals surface area contributed by atoms with Crippen LogP contribution in [0.2, 0.25) is 0 Å². The zero-order valence-corrected chi connectivity index (χ0v) is 15.3. The Hall–Kier alpha value is -1.05. The first kappa shape index (κ1) is 16.3. The van der Waals surface area contributed by atoms with Crippen LogP contribution >= 0.6 is 31.9 Å². The third-order valence-electron chi connectivity index (χ3n) is 3.14. The fourth-order valence-corrected chi connectivity index (χ4v) is 3.06. The van der Waals surface area contributed by atoms with Crippen LogP contribution in [0.15, 0.2) is 21.1 Å². The standard InChI is InChI=1S/C14H17Br2N3O2/c1-8-13(16)11(19(2)18-8)7-21-14-10(15)4-9(6-17)5-12(14)20-3/h4-5H,6-7,17H2,1-3H3. The van der Waals surface area contributed by atoms with Gasteiger partial charge in [0.2, 0.25) is 0 Å². The normalized spacial score (nSPS) is 10.8. The lowest BCUT2D eigenvalue weighted by atomic mass is 10.2. The molecule has 0 aliphatic carbocycles. The second-order valence-electron chi connectivity index (χ2n) is 4.57. The number of nitrogens with zero attached hydrogens (tertiary/aromatic N) is 2. The minimum Gasteiger partial charge on any atom is -0.493 e. The number of rotatable bonds is 5. The van der Waals surface area contributed by atoms with Crippen LogP contribution in [-0.2, 0) is 20.2 Å². The average Bonchev–Trinajstić information content (AvgIpc) is 2.70. The van der Waals surface area contributed by atoms with Crippen LogP contribution in [-0.4, -0.2) is 16.9 Å². The molecule has 0 saturated carbocycles. The quantitative estimate of drug-likeness (QED) is 0.809. The molecule has 0 saturated heterocycles. The second kappa shape index (κ2) is 6.81. The van der Waals surface area contributed by atoms with E-state index in [1.807, 2.05) is 26.1 Å². The number of hydrogen-bond donors (Lipinski definition) is 1. The molecule has 0 unspecified atom stereocenters. The average molecular weight is 419 g/mol. The molecule has 7 heteroatoms. The molecule has 2 aromatic rings. The summed E-state index contributed by atoms with van der Waals surface area (Å²) in [6.45, 7) is 2.77. The van der Waals surface area contributed by atoms with Crippen LogP contribution in [0.4, 0.5) is 0 Å². The maximum Gasteiger partial charge on any atom is 0.175 e. The predicted octanol–water partition coefficient (Wildman–Crippen LogP) is 3.30. The van der Waals surface area contributed by atoms with E-state index in [-0.39, 0.29) is 0 Å². The molecule has 21 heavy (non-hydrogen) atoms. The number of methoxy groups -OCH3 is 1.